The number of carbonyl (C=O) groups excluding carboxylic acids is 1. The Morgan fingerprint density at radius 1 is 1.27 bits per heavy atom. The molecule has 22 heavy (non-hydrogen) atoms. The first-order valence-corrected chi connectivity index (χ1v) is 8.44. The Hall–Kier alpha value is -1.62. The van der Waals surface area contributed by atoms with Crippen molar-refractivity contribution in [3.63, 3.8) is 0 Å². The maximum Gasteiger partial charge on any atom is 0.260 e. The lowest BCUT2D eigenvalue weighted by Crippen LogP contribution is -2.37. The van der Waals surface area contributed by atoms with E-state index in [1.807, 2.05) is 0 Å². The van der Waals surface area contributed by atoms with Gasteiger partial charge in [-0.25, -0.2) is 0 Å². The van der Waals surface area contributed by atoms with Gasteiger partial charge in [-0.1, -0.05) is 19.3 Å². The highest BCUT2D eigenvalue weighted by molar-refractivity contribution is 5.93. The molecule has 1 aliphatic heterocycles. The first-order chi connectivity index (χ1) is 10.7. The molecular formula is C17H25N3O2. The smallest absolute Gasteiger partial charge is 0.260 e. The molecule has 2 aliphatic rings. The lowest BCUT2D eigenvalue weighted by atomic mass is 9.94. The van der Waals surface area contributed by atoms with Crippen LogP contribution >= 0.6 is 0 Å². The number of nitrogens with one attached hydrogen (secondary N) is 2. The van der Waals surface area contributed by atoms with E-state index < -0.39 is 0 Å². The number of amides is 1. The van der Waals surface area contributed by atoms with Crippen LogP contribution in [0.2, 0.25) is 0 Å². The van der Waals surface area contributed by atoms with E-state index in [9.17, 15) is 9.59 Å². The van der Waals surface area contributed by atoms with Gasteiger partial charge in [-0.3, -0.25) is 9.59 Å². The Labute approximate surface area is 131 Å². The summed E-state index contributed by atoms with van der Waals surface area (Å²) in [4.78, 5) is 28.8. The third-order valence-corrected chi connectivity index (χ3v) is 5.02. The van der Waals surface area contributed by atoms with Crippen LogP contribution in [0.15, 0.2) is 23.1 Å². The molecule has 1 aromatic heterocycles. The van der Waals surface area contributed by atoms with Crippen molar-refractivity contribution < 1.29 is 4.79 Å². The van der Waals surface area contributed by atoms with E-state index in [0.717, 1.165) is 25.6 Å². The predicted octanol–water partition coefficient (Wildman–Crippen LogP) is 1.76. The lowest BCUT2D eigenvalue weighted by Gasteiger charge is -2.31. The molecule has 5 nitrogen and oxygen atoms in total. The molecule has 1 aromatic rings. The highest BCUT2D eigenvalue weighted by atomic mass is 16.2. The Bertz CT molecular complexity index is 563. The summed E-state index contributed by atoms with van der Waals surface area (Å²) < 4.78 is 0. The molecule has 1 aliphatic carbocycles. The number of aromatic nitrogens is 1. The zero-order chi connectivity index (χ0) is 15.4. The SMILES string of the molecule is O=C(NCC1CCN(C2CCCCC2)C1)c1ccc[nH]c1=O. The van der Waals surface area contributed by atoms with Gasteiger partial charge >= 0.3 is 0 Å². The summed E-state index contributed by atoms with van der Waals surface area (Å²) in [6.07, 6.45) is 9.45. The molecule has 5 heteroatoms. The fraction of sp³-hybridized carbons (Fsp3) is 0.647. The summed E-state index contributed by atoms with van der Waals surface area (Å²) in [7, 11) is 0. The number of rotatable bonds is 4. The molecule has 1 saturated carbocycles. The minimum Gasteiger partial charge on any atom is -0.352 e. The zero-order valence-electron chi connectivity index (χ0n) is 13.0. The molecule has 0 bridgehead atoms. The molecule has 1 saturated heterocycles. The molecule has 1 atom stereocenters. The summed E-state index contributed by atoms with van der Waals surface area (Å²) >= 11 is 0. The van der Waals surface area contributed by atoms with Gasteiger partial charge in [0.2, 0.25) is 0 Å². The van der Waals surface area contributed by atoms with E-state index in [-0.39, 0.29) is 17.0 Å². The van der Waals surface area contributed by atoms with Crippen molar-refractivity contribution >= 4 is 5.91 Å². The maximum atomic E-state index is 12.1. The van der Waals surface area contributed by atoms with Gasteiger partial charge in [0.25, 0.3) is 11.5 Å². The quantitative estimate of drug-likeness (QED) is 0.891. The Kier molecular flexibility index (Phi) is 4.93. The molecule has 3 rings (SSSR count). The van der Waals surface area contributed by atoms with Gasteiger partial charge in [-0.2, -0.15) is 0 Å². The second-order valence-corrected chi connectivity index (χ2v) is 6.56. The Morgan fingerprint density at radius 2 is 2.09 bits per heavy atom. The molecule has 0 spiro atoms. The first kappa shape index (κ1) is 15.3. The predicted molar refractivity (Wildman–Crippen MR) is 85.9 cm³/mol. The third kappa shape index (κ3) is 3.58. The number of hydrogen-bond donors (Lipinski definition) is 2. The van der Waals surface area contributed by atoms with Gasteiger partial charge < -0.3 is 15.2 Å². The fourth-order valence-corrected chi connectivity index (χ4v) is 3.74. The first-order valence-electron chi connectivity index (χ1n) is 8.44. The molecule has 2 heterocycles. The van der Waals surface area contributed by atoms with Crippen molar-refractivity contribution in [3.05, 3.63) is 34.2 Å². The van der Waals surface area contributed by atoms with E-state index in [1.54, 1.807) is 12.1 Å². The second kappa shape index (κ2) is 7.09. The van der Waals surface area contributed by atoms with Crippen LogP contribution in [0.1, 0.15) is 48.9 Å². The normalized spacial score (nSPS) is 23.5. The van der Waals surface area contributed by atoms with E-state index in [4.69, 9.17) is 0 Å². The minimum absolute atomic E-state index is 0.199. The number of aromatic amines is 1. The van der Waals surface area contributed by atoms with Gasteiger partial charge in [0.1, 0.15) is 5.56 Å². The topological polar surface area (TPSA) is 65.2 Å². The average molecular weight is 303 g/mol. The van der Waals surface area contributed by atoms with Crippen molar-refractivity contribution in [1.82, 2.24) is 15.2 Å². The second-order valence-electron chi connectivity index (χ2n) is 6.56. The van der Waals surface area contributed by atoms with E-state index in [0.29, 0.717) is 12.5 Å². The number of carbonyl (C=O) groups is 1. The highest BCUT2D eigenvalue weighted by Gasteiger charge is 2.29. The number of hydrogen-bond acceptors (Lipinski definition) is 3. The molecular weight excluding hydrogens is 278 g/mol. The van der Waals surface area contributed by atoms with Crippen molar-refractivity contribution in [2.75, 3.05) is 19.6 Å². The summed E-state index contributed by atoms with van der Waals surface area (Å²) in [6, 6.07) is 4.00. The molecule has 120 valence electrons. The highest BCUT2D eigenvalue weighted by Crippen LogP contribution is 2.27. The third-order valence-electron chi connectivity index (χ3n) is 5.02. The standard InChI is InChI=1S/C17H25N3O2/c21-16-15(7-4-9-18-16)17(22)19-11-13-8-10-20(12-13)14-5-2-1-3-6-14/h4,7,9,13-14H,1-3,5-6,8,10-12H2,(H,18,21)(H,19,22). The van der Waals surface area contributed by atoms with E-state index >= 15 is 0 Å². The van der Waals surface area contributed by atoms with Gasteiger partial charge in [0.15, 0.2) is 0 Å². The van der Waals surface area contributed by atoms with Crippen LogP contribution in [0.5, 0.6) is 0 Å². The van der Waals surface area contributed by atoms with Crippen molar-refractivity contribution in [2.45, 2.75) is 44.6 Å². The van der Waals surface area contributed by atoms with Crippen molar-refractivity contribution in [3.8, 4) is 0 Å². The van der Waals surface area contributed by atoms with Crippen LogP contribution in [0.3, 0.4) is 0 Å². The Morgan fingerprint density at radius 3 is 2.86 bits per heavy atom. The molecule has 0 radical (unpaired) electrons. The summed E-state index contributed by atoms with van der Waals surface area (Å²) in [6.45, 7) is 2.89. The van der Waals surface area contributed by atoms with Crippen LogP contribution in [0.4, 0.5) is 0 Å². The number of H-pyrrole nitrogens is 1. The van der Waals surface area contributed by atoms with Crippen LogP contribution < -0.4 is 10.9 Å². The Balaban J connectivity index is 1.47. The molecule has 1 unspecified atom stereocenters. The van der Waals surface area contributed by atoms with Crippen molar-refractivity contribution in [2.24, 2.45) is 5.92 Å². The molecule has 2 fully saturated rings. The van der Waals surface area contributed by atoms with Gasteiger partial charge in [-0.15, -0.1) is 0 Å². The van der Waals surface area contributed by atoms with Crippen LogP contribution in [0, 0.1) is 5.92 Å². The van der Waals surface area contributed by atoms with Gasteiger partial charge in [0, 0.05) is 25.3 Å². The maximum absolute atomic E-state index is 12.1. The number of pyridine rings is 1. The van der Waals surface area contributed by atoms with Gasteiger partial charge in [-0.05, 0) is 43.9 Å². The monoisotopic (exact) mass is 303 g/mol. The minimum atomic E-state index is -0.324. The zero-order valence-corrected chi connectivity index (χ0v) is 13.0. The van der Waals surface area contributed by atoms with Crippen LogP contribution in [0.25, 0.3) is 0 Å². The number of likely N-dealkylation sites (tertiary alicyclic amines) is 1. The largest absolute Gasteiger partial charge is 0.352 e. The molecule has 2 N–H and O–H groups in total. The van der Waals surface area contributed by atoms with E-state index in [2.05, 4.69) is 15.2 Å². The van der Waals surface area contributed by atoms with Crippen LogP contribution in [-0.4, -0.2) is 41.5 Å². The fourth-order valence-electron chi connectivity index (χ4n) is 3.74. The molecule has 0 aromatic carbocycles. The van der Waals surface area contributed by atoms with Crippen LogP contribution in [-0.2, 0) is 0 Å². The van der Waals surface area contributed by atoms with E-state index in [1.165, 1.54) is 38.3 Å². The summed E-state index contributed by atoms with van der Waals surface area (Å²) in [5, 5.41) is 2.92. The summed E-state index contributed by atoms with van der Waals surface area (Å²) in [5.41, 5.74) is -0.125. The number of nitrogens with zero attached hydrogens (tertiary/aromatic N) is 1. The average Bonchev–Trinajstić information content (AvgIpc) is 3.03. The lowest BCUT2D eigenvalue weighted by molar-refractivity contribution is 0.0945. The van der Waals surface area contributed by atoms with Gasteiger partial charge in [0.05, 0.1) is 0 Å². The van der Waals surface area contributed by atoms with Crippen molar-refractivity contribution in [1.29, 1.82) is 0 Å². The molecule has 1 amide bonds. The summed E-state index contributed by atoms with van der Waals surface area (Å²) in [5.74, 6) is 0.242.